The molecule has 3 heterocycles. The van der Waals surface area contributed by atoms with Crippen LogP contribution in [0.3, 0.4) is 0 Å². The molecule has 3 aromatic rings. The van der Waals surface area contributed by atoms with Gasteiger partial charge >= 0.3 is 0 Å². The van der Waals surface area contributed by atoms with Gasteiger partial charge in [0.25, 0.3) is 5.91 Å². The van der Waals surface area contributed by atoms with Crippen LogP contribution in [0.5, 0.6) is 0 Å². The van der Waals surface area contributed by atoms with Crippen molar-refractivity contribution in [3.05, 3.63) is 65.9 Å². The molecule has 1 N–H and O–H groups in total. The number of likely N-dealkylation sites (tertiary alicyclic amines) is 1. The third-order valence-electron chi connectivity index (χ3n) is 7.66. The Kier molecular flexibility index (Phi) is 7.95. The molecule has 1 unspecified atom stereocenters. The lowest BCUT2D eigenvalue weighted by Gasteiger charge is -2.37. The molecular formula is C30H36N2O4. The Bertz CT molecular complexity index is 1170. The van der Waals surface area contributed by atoms with Crippen molar-refractivity contribution in [2.24, 2.45) is 5.92 Å². The predicted molar refractivity (Wildman–Crippen MR) is 141 cm³/mol. The van der Waals surface area contributed by atoms with Crippen molar-refractivity contribution in [2.45, 2.75) is 51.2 Å². The van der Waals surface area contributed by atoms with Crippen LogP contribution in [-0.4, -0.2) is 59.9 Å². The van der Waals surface area contributed by atoms with Crippen molar-refractivity contribution in [1.29, 1.82) is 0 Å². The summed E-state index contributed by atoms with van der Waals surface area (Å²) in [6, 6.07) is 17.0. The highest BCUT2D eigenvalue weighted by atomic mass is 16.5. The molecule has 0 spiro atoms. The van der Waals surface area contributed by atoms with Crippen LogP contribution in [0.2, 0.25) is 0 Å². The Morgan fingerprint density at radius 3 is 2.67 bits per heavy atom. The number of aliphatic hydroxyl groups is 1. The van der Waals surface area contributed by atoms with Crippen LogP contribution in [0.25, 0.3) is 22.0 Å². The van der Waals surface area contributed by atoms with Gasteiger partial charge in [0, 0.05) is 44.5 Å². The highest BCUT2D eigenvalue weighted by molar-refractivity contribution is 5.88. The molecule has 2 fully saturated rings. The average molecular weight is 489 g/mol. The van der Waals surface area contributed by atoms with Crippen molar-refractivity contribution < 1.29 is 19.4 Å². The minimum atomic E-state index is -0.251. The lowest BCUT2D eigenvalue weighted by Crippen LogP contribution is -2.44. The first-order valence-corrected chi connectivity index (χ1v) is 13.2. The van der Waals surface area contributed by atoms with Crippen LogP contribution in [0.1, 0.15) is 49.3 Å². The Balaban J connectivity index is 1.31. The third-order valence-corrected chi connectivity index (χ3v) is 7.66. The van der Waals surface area contributed by atoms with Gasteiger partial charge in [0.05, 0.1) is 11.6 Å². The van der Waals surface area contributed by atoms with E-state index in [0.717, 1.165) is 60.8 Å². The Labute approximate surface area is 213 Å². The maximum absolute atomic E-state index is 12.8. The van der Waals surface area contributed by atoms with Gasteiger partial charge in [-0.15, -0.1) is 0 Å². The molecular weight excluding hydrogens is 452 g/mol. The van der Waals surface area contributed by atoms with E-state index in [1.165, 1.54) is 11.1 Å². The van der Waals surface area contributed by atoms with Crippen molar-refractivity contribution in [1.82, 2.24) is 9.88 Å². The average Bonchev–Trinajstić information content (AvgIpc) is 3.47. The van der Waals surface area contributed by atoms with Gasteiger partial charge in [-0.2, -0.15) is 0 Å². The standard InChI is InChI=1S/C30H36N2O4/c1-21-26(12-11-23-5-2-15-31-28(21)23)22-7-9-24(10-8-22)29(36-20-4-18-33)25-13-16-32(17-14-25)30(34)27-6-3-19-35-27/h2,5,7-12,15,25,27,29,33H,3-4,6,13-14,16-20H2,1H3/t27-,29?/m1/s1. The number of amides is 1. The first-order valence-electron chi connectivity index (χ1n) is 13.2. The predicted octanol–water partition coefficient (Wildman–Crippen LogP) is 5.07. The quantitative estimate of drug-likeness (QED) is 0.449. The van der Waals surface area contributed by atoms with E-state index in [9.17, 15) is 9.90 Å². The van der Waals surface area contributed by atoms with Crippen molar-refractivity contribution in [3.8, 4) is 11.1 Å². The first-order chi connectivity index (χ1) is 17.7. The van der Waals surface area contributed by atoms with Crippen LogP contribution >= 0.6 is 0 Å². The summed E-state index contributed by atoms with van der Waals surface area (Å²) >= 11 is 0. The molecule has 2 aromatic carbocycles. The molecule has 1 aromatic heterocycles. The summed E-state index contributed by atoms with van der Waals surface area (Å²) < 4.78 is 11.9. The van der Waals surface area contributed by atoms with Crippen LogP contribution in [0, 0.1) is 12.8 Å². The number of benzene rings is 2. The van der Waals surface area contributed by atoms with E-state index >= 15 is 0 Å². The SMILES string of the molecule is Cc1c(-c2ccc(C(OCCCO)C3CCN(C(=O)[C@H]4CCCO4)CC3)cc2)ccc2cccnc12. The van der Waals surface area contributed by atoms with E-state index in [0.29, 0.717) is 25.6 Å². The topological polar surface area (TPSA) is 71.9 Å². The number of ether oxygens (including phenoxy) is 2. The van der Waals surface area contributed by atoms with Crippen LogP contribution in [-0.2, 0) is 14.3 Å². The largest absolute Gasteiger partial charge is 0.396 e. The van der Waals surface area contributed by atoms with Crippen molar-refractivity contribution in [3.63, 3.8) is 0 Å². The van der Waals surface area contributed by atoms with Gasteiger partial charge in [-0.05, 0) is 73.3 Å². The molecule has 0 bridgehead atoms. The monoisotopic (exact) mass is 488 g/mol. The van der Waals surface area contributed by atoms with E-state index in [1.54, 1.807) is 0 Å². The smallest absolute Gasteiger partial charge is 0.251 e. The molecule has 0 aliphatic carbocycles. The summed E-state index contributed by atoms with van der Waals surface area (Å²) in [7, 11) is 0. The lowest BCUT2D eigenvalue weighted by molar-refractivity contribution is -0.143. The highest BCUT2D eigenvalue weighted by Crippen LogP contribution is 2.36. The molecule has 2 aliphatic rings. The van der Waals surface area contributed by atoms with Gasteiger partial charge in [-0.3, -0.25) is 9.78 Å². The van der Waals surface area contributed by atoms with E-state index in [-0.39, 0.29) is 24.7 Å². The summed E-state index contributed by atoms with van der Waals surface area (Å²) in [4.78, 5) is 19.3. The van der Waals surface area contributed by atoms with Gasteiger partial charge in [0.15, 0.2) is 0 Å². The maximum atomic E-state index is 12.8. The number of carbonyl (C=O) groups is 1. The summed E-state index contributed by atoms with van der Waals surface area (Å²) in [5, 5.41) is 10.4. The summed E-state index contributed by atoms with van der Waals surface area (Å²) in [5.41, 5.74) is 5.71. The summed E-state index contributed by atoms with van der Waals surface area (Å²) in [6.07, 6.45) is 5.77. The highest BCUT2D eigenvalue weighted by Gasteiger charge is 2.34. The number of aryl methyl sites for hydroxylation is 1. The van der Waals surface area contributed by atoms with Gasteiger partial charge in [0.1, 0.15) is 6.10 Å². The van der Waals surface area contributed by atoms with Gasteiger partial charge in [0.2, 0.25) is 0 Å². The molecule has 0 radical (unpaired) electrons. The third kappa shape index (κ3) is 5.31. The van der Waals surface area contributed by atoms with Gasteiger partial charge in [-0.1, -0.05) is 42.5 Å². The maximum Gasteiger partial charge on any atom is 0.251 e. The molecule has 190 valence electrons. The zero-order valence-electron chi connectivity index (χ0n) is 21.1. The zero-order chi connectivity index (χ0) is 24.9. The van der Waals surface area contributed by atoms with Crippen LogP contribution in [0.4, 0.5) is 0 Å². The minimum Gasteiger partial charge on any atom is -0.396 e. The molecule has 0 saturated carbocycles. The summed E-state index contributed by atoms with van der Waals surface area (Å²) in [6.45, 7) is 4.95. The number of rotatable bonds is 8. The molecule has 2 atom stereocenters. The molecule has 5 rings (SSSR count). The van der Waals surface area contributed by atoms with Crippen molar-refractivity contribution in [2.75, 3.05) is 32.9 Å². The number of aromatic nitrogens is 1. The van der Waals surface area contributed by atoms with Crippen molar-refractivity contribution >= 4 is 16.8 Å². The van der Waals surface area contributed by atoms with E-state index in [2.05, 4.69) is 54.4 Å². The van der Waals surface area contributed by atoms with Gasteiger partial charge in [-0.25, -0.2) is 0 Å². The number of hydrogen-bond donors (Lipinski definition) is 1. The number of hydrogen-bond acceptors (Lipinski definition) is 5. The number of carbonyl (C=O) groups excluding carboxylic acids is 1. The fraction of sp³-hybridized carbons (Fsp3) is 0.467. The fourth-order valence-corrected chi connectivity index (χ4v) is 5.63. The van der Waals surface area contributed by atoms with E-state index < -0.39 is 0 Å². The number of aliphatic hydroxyl groups excluding tert-OH is 1. The zero-order valence-corrected chi connectivity index (χ0v) is 21.1. The Hall–Kier alpha value is -2.80. The van der Waals surface area contributed by atoms with Gasteiger partial charge < -0.3 is 19.5 Å². The number of piperidine rings is 1. The normalized spacial score (nSPS) is 19.6. The molecule has 36 heavy (non-hydrogen) atoms. The summed E-state index contributed by atoms with van der Waals surface area (Å²) in [5.74, 6) is 0.475. The van der Waals surface area contributed by atoms with Crippen LogP contribution in [0.15, 0.2) is 54.7 Å². The molecule has 2 aliphatic heterocycles. The number of nitrogens with zero attached hydrogens (tertiary/aromatic N) is 2. The number of pyridine rings is 1. The Morgan fingerprint density at radius 1 is 1.14 bits per heavy atom. The molecule has 6 heteroatoms. The fourth-order valence-electron chi connectivity index (χ4n) is 5.63. The first kappa shape index (κ1) is 24.9. The second kappa shape index (κ2) is 11.5. The second-order valence-electron chi connectivity index (χ2n) is 9.97. The molecule has 1 amide bonds. The number of fused-ring (bicyclic) bond motifs is 1. The lowest BCUT2D eigenvalue weighted by atomic mass is 9.86. The van der Waals surface area contributed by atoms with E-state index in [1.807, 2.05) is 17.2 Å². The van der Waals surface area contributed by atoms with Crippen LogP contribution < -0.4 is 0 Å². The molecule has 2 saturated heterocycles. The Morgan fingerprint density at radius 2 is 1.94 bits per heavy atom. The minimum absolute atomic E-state index is 0.0510. The second-order valence-corrected chi connectivity index (χ2v) is 9.97. The molecule has 6 nitrogen and oxygen atoms in total. The van der Waals surface area contributed by atoms with E-state index in [4.69, 9.17) is 9.47 Å².